The van der Waals surface area contributed by atoms with Gasteiger partial charge in [-0.15, -0.1) is 0 Å². The van der Waals surface area contributed by atoms with Crippen molar-refractivity contribution in [1.82, 2.24) is 10.2 Å². The van der Waals surface area contributed by atoms with E-state index in [9.17, 15) is 4.79 Å². The van der Waals surface area contributed by atoms with Gasteiger partial charge in [0, 0.05) is 12.6 Å². The van der Waals surface area contributed by atoms with Crippen LogP contribution >= 0.6 is 12.2 Å². The van der Waals surface area contributed by atoms with Crippen LogP contribution in [0.3, 0.4) is 0 Å². The van der Waals surface area contributed by atoms with Crippen molar-refractivity contribution in [3.05, 3.63) is 0 Å². The first kappa shape index (κ1) is 10.2. The van der Waals surface area contributed by atoms with E-state index in [-0.39, 0.29) is 12.5 Å². The number of hydrogen-bond acceptors (Lipinski definition) is 2. The molecule has 1 fully saturated rings. The number of carbonyl (C=O) groups is 1. The van der Waals surface area contributed by atoms with E-state index in [2.05, 4.69) is 17.1 Å². The van der Waals surface area contributed by atoms with Gasteiger partial charge in [0.2, 0.25) is 5.91 Å². The summed E-state index contributed by atoms with van der Waals surface area (Å²) in [6.07, 6.45) is 2.33. The second-order valence-electron chi connectivity index (χ2n) is 3.31. The van der Waals surface area contributed by atoms with E-state index in [0.717, 1.165) is 6.54 Å². The van der Waals surface area contributed by atoms with Crippen LogP contribution in [0.4, 0.5) is 0 Å². The lowest BCUT2D eigenvalue weighted by atomic mass is 10.2. The Morgan fingerprint density at radius 3 is 2.92 bits per heavy atom. The third kappa shape index (κ3) is 2.84. The zero-order valence-corrected chi connectivity index (χ0v) is 8.56. The van der Waals surface area contributed by atoms with Gasteiger partial charge in [-0.2, -0.15) is 0 Å². The maximum atomic E-state index is 10.5. The monoisotopic (exact) mass is 201 g/mol. The molecule has 1 saturated heterocycles. The predicted molar refractivity (Wildman–Crippen MR) is 55.2 cm³/mol. The lowest BCUT2D eigenvalue weighted by molar-refractivity contribution is -0.117. The number of carbonyl (C=O) groups excluding carboxylic acids is 1. The standard InChI is InChI=1S/C8H15N3OS/c1-6-3-2-4-11(6)8(13)10-5-7(9)12/h6H,2-5H2,1H3,(H2,9,12)(H,10,13). The van der Waals surface area contributed by atoms with Crippen LogP contribution in [-0.4, -0.2) is 35.1 Å². The van der Waals surface area contributed by atoms with Gasteiger partial charge in [0.05, 0.1) is 6.54 Å². The van der Waals surface area contributed by atoms with Crippen molar-refractivity contribution in [2.45, 2.75) is 25.8 Å². The number of nitrogens with two attached hydrogens (primary N) is 1. The molecule has 1 atom stereocenters. The second-order valence-corrected chi connectivity index (χ2v) is 3.70. The third-order valence-electron chi connectivity index (χ3n) is 2.23. The summed E-state index contributed by atoms with van der Waals surface area (Å²) in [4.78, 5) is 12.6. The highest BCUT2D eigenvalue weighted by Gasteiger charge is 2.22. The van der Waals surface area contributed by atoms with Crippen LogP contribution in [0.2, 0.25) is 0 Å². The Morgan fingerprint density at radius 1 is 1.77 bits per heavy atom. The molecular formula is C8H15N3OS. The smallest absolute Gasteiger partial charge is 0.236 e. The molecule has 0 radical (unpaired) electrons. The molecule has 1 unspecified atom stereocenters. The molecule has 5 heteroatoms. The summed E-state index contributed by atoms with van der Waals surface area (Å²) in [6.45, 7) is 3.24. The van der Waals surface area contributed by atoms with E-state index in [1.807, 2.05) is 0 Å². The number of amides is 1. The summed E-state index contributed by atoms with van der Waals surface area (Å²) in [6, 6.07) is 0.480. The van der Waals surface area contributed by atoms with Gasteiger partial charge in [-0.05, 0) is 32.0 Å². The fourth-order valence-electron chi connectivity index (χ4n) is 1.50. The summed E-state index contributed by atoms with van der Waals surface area (Å²) in [5.74, 6) is -0.380. The molecule has 3 N–H and O–H groups in total. The number of hydrogen-bond donors (Lipinski definition) is 2. The highest BCUT2D eigenvalue weighted by Crippen LogP contribution is 2.15. The van der Waals surface area contributed by atoms with Gasteiger partial charge >= 0.3 is 0 Å². The Morgan fingerprint density at radius 2 is 2.46 bits per heavy atom. The molecule has 1 rings (SSSR count). The van der Waals surface area contributed by atoms with Gasteiger partial charge in [0.25, 0.3) is 0 Å². The minimum absolute atomic E-state index is 0.127. The van der Waals surface area contributed by atoms with E-state index in [1.54, 1.807) is 0 Å². The number of primary amides is 1. The Balaban J connectivity index is 2.34. The third-order valence-corrected chi connectivity index (χ3v) is 2.61. The lowest BCUT2D eigenvalue weighted by Crippen LogP contribution is -2.44. The summed E-state index contributed by atoms with van der Waals surface area (Å²) in [5.41, 5.74) is 4.99. The molecule has 1 heterocycles. The number of nitrogens with one attached hydrogen (secondary N) is 1. The van der Waals surface area contributed by atoms with Gasteiger partial charge in [-0.25, -0.2) is 0 Å². The van der Waals surface area contributed by atoms with Crippen LogP contribution in [-0.2, 0) is 4.79 Å². The Bertz CT molecular complexity index is 219. The van der Waals surface area contributed by atoms with Crippen LogP contribution in [0.15, 0.2) is 0 Å². The molecule has 0 bridgehead atoms. The lowest BCUT2D eigenvalue weighted by Gasteiger charge is -2.24. The first-order chi connectivity index (χ1) is 6.11. The topological polar surface area (TPSA) is 58.4 Å². The van der Waals surface area contributed by atoms with Crippen LogP contribution in [0.1, 0.15) is 19.8 Å². The summed E-state index contributed by atoms with van der Waals surface area (Å²) in [7, 11) is 0. The van der Waals surface area contributed by atoms with Gasteiger partial charge < -0.3 is 16.0 Å². The zero-order valence-electron chi connectivity index (χ0n) is 7.75. The summed E-state index contributed by atoms with van der Waals surface area (Å²) < 4.78 is 0. The van der Waals surface area contributed by atoms with Crippen LogP contribution in [0.25, 0.3) is 0 Å². The normalized spacial score (nSPS) is 21.6. The van der Waals surface area contributed by atoms with E-state index < -0.39 is 0 Å². The average molecular weight is 201 g/mol. The van der Waals surface area contributed by atoms with E-state index in [4.69, 9.17) is 18.0 Å². The Labute approximate surface area is 83.5 Å². The van der Waals surface area contributed by atoms with E-state index in [0.29, 0.717) is 11.2 Å². The number of nitrogens with zero attached hydrogens (tertiary/aromatic N) is 1. The van der Waals surface area contributed by atoms with Crippen molar-refractivity contribution in [2.24, 2.45) is 5.73 Å². The van der Waals surface area contributed by atoms with Crippen molar-refractivity contribution in [3.63, 3.8) is 0 Å². The van der Waals surface area contributed by atoms with Crippen LogP contribution in [0, 0.1) is 0 Å². The number of rotatable bonds is 2. The maximum Gasteiger partial charge on any atom is 0.236 e. The molecule has 0 aromatic heterocycles. The maximum absolute atomic E-state index is 10.5. The van der Waals surface area contributed by atoms with Crippen molar-refractivity contribution in [3.8, 4) is 0 Å². The molecule has 1 aliphatic rings. The van der Waals surface area contributed by atoms with E-state index >= 15 is 0 Å². The van der Waals surface area contributed by atoms with Crippen molar-refractivity contribution < 1.29 is 4.79 Å². The summed E-state index contributed by atoms with van der Waals surface area (Å²) >= 11 is 5.12. The molecule has 4 nitrogen and oxygen atoms in total. The Kier molecular flexibility index (Phi) is 3.48. The molecule has 0 aromatic rings. The summed E-state index contributed by atoms with van der Waals surface area (Å²) in [5, 5.41) is 3.48. The average Bonchev–Trinajstić information content (AvgIpc) is 2.47. The first-order valence-corrected chi connectivity index (χ1v) is 4.85. The van der Waals surface area contributed by atoms with Gasteiger partial charge in [0.15, 0.2) is 5.11 Å². The molecule has 0 spiro atoms. The second kappa shape index (κ2) is 4.41. The number of likely N-dealkylation sites (tertiary alicyclic amines) is 1. The van der Waals surface area contributed by atoms with E-state index in [1.165, 1.54) is 12.8 Å². The largest absolute Gasteiger partial charge is 0.368 e. The zero-order chi connectivity index (χ0) is 9.84. The van der Waals surface area contributed by atoms with Gasteiger partial charge in [-0.1, -0.05) is 0 Å². The molecule has 1 amide bonds. The van der Waals surface area contributed by atoms with Crippen molar-refractivity contribution in [2.75, 3.05) is 13.1 Å². The highest BCUT2D eigenvalue weighted by molar-refractivity contribution is 7.80. The van der Waals surface area contributed by atoms with Crippen molar-refractivity contribution >= 4 is 23.2 Å². The molecule has 0 saturated carbocycles. The van der Waals surface area contributed by atoms with Crippen LogP contribution in [0.5, 0.6) is 0 Å². The Hall–Kier alpha value is -0.840. The fourth-order valence-corrected chi connectivity index (χ4v) is 1.84. The molecule has 1 aliphatic heterocycles. The van der Waals surface area contributed by atoms with Crippen molar-refractivity contribution in [1.29, 1.82) is 0 Å². The molecule has 0 aliphatic carbocycles. The molecule has 74 valence electrons. The predicted octanol–water partition coefficient (Wildman–Crippen LogP) is -0.169. The first-order valence-electron chi connectivity index (χ1n) is 4.44. The molecule has 0 aromatic carbocycles. The highest BCUT2D eigenvalue weighted by atomic mass is 32.1. The SMILES string of the molecule is CC1CCCN1C(=S)NCC(N)=O. The van der Waals surface area contributed by atoms with Crippen LogP contribution < -0.4 is 11.1 Å². The number of thiocarbonyl (C=S) groups is 1. The molecular weight excluding hydrogens is 186 g/mol. The minimum Gasteiger partial charge on any atom is -0.368 e. The molecule has 13 heavy (non-hydrogen) atoms. The fraction of sp³-hybridized carbons (Fsp3) is 0.750. The minimum atomic E-state index is -0.380. The van der Waals surface area contributed by atoms with Gasteiger partial charge in [-0.3, -0.25) is 4.79 Å². The quantitative estimate of drug-likeness (QED) is 0.609. The van der Waals surface area contributed by atoms with Gasteiger partial charge in [0.1, 0.15) is 0 Å².